The van der Waals surface area contributed by atoms with Crippen molar-refractivity contribution in [1.82, 2.24) is 0 Å². The van der Waals surface area contributed by atoms with Crippen LogP contribution in [0.25, 0.3) is 0 Å². The van der Waals surface area contributed by atoms with Gasteiger partial charge in [0.25, 0.3) is 0 Å². The van der Waals surface area contributed by atoms with E-state index in [4.69, 9.17) is 15.3 Å². The first-order valence-electron chi connectivity index (χ1n) is 10.4. The largest absolute Gasteiger partial charge is 0.136 e. The summed E-state index contributed by atoms with van der Waals surface area (Å²) in [6, 6.07) is 0. The maximum Gasteiger partial charge on any atom is 0.113 e. The van der Waals surface area contributed by atoms with E-state index in [0.29, 0.717) is 20.2 Å². The Morgan fingerprint density at radius 3 is 0.692 bits per heavy atom. The number of halogens is 1. The second-order valence-electron chi connectivity index (χ2n) is 14.1. The molecule has 6 heteroatoms. The van der Waals surface area contributed by atoms with E-state index in [0.717, 1.165) is 0 Å². The van der Waals surface area contributed by atoms with Gasteiger partial charge in [-0.1, -0.05) is 109 Å². The fraction of sp³-hybridized carbons (Fsp3) is 1.00. The third kappa shape index (κ3) is 2.63. The molecule has 1 saturated heterocycles. The number of rotatable bonds is 0. The van der Waals surface area contributed by atoms with E-state index < -0.39 is 34.9 Å². The molecule has 1 rings (SSSR count). The van der Waals surface area contributed by atoms with Gasteiger partial charge in [-0.3, -0.25) is 0 Å². The van der Waals surface area contributed by atoms with Crippen LogP contribution in [0, 0.1) is 0 Å². The van der Waals surface area contributed by atoms with Crippen LogP contribution in [-0.4, -0.2) is 34.9 Å². The number of hydrogen-bond acceptors (Lipinski definition) is 0. The monoisotopic (exact) mass is 507 g/mol. The maximum absolute atomic E-state index is 4.77. The minimum atomic E-state index is -1.58. The van der Waals surface area contributed by atoms with Gasteiger partial charge in [-0.15, -0.1) is 15.3 Å². The molecule has 0 amide bonds. The van der Waals surface area contributed by atoms with Crippen molar-refractivity contribution in [3.8, 4) is 0 Å². The topological polar surface area (TPSA) is 0 Å². The summed E-state index contributed by atoms with van der Waals surface area (Å²) in [6.07, 6.45) is 0. The van der Waals surface area contributed by atoms with Gasteiger partial charge in [0, 0.05) is 14.2 Å². The van der Waals surface area contributed by atoms with Crippen LogP contribution in [0.2, 0.25) is 46.3 Å². The van der Waals surface area contributed by atoms with E-state index in [9.17, 15) is 0 Å². The second kappa shape index (κ2) is 6.28. The Balaban J connectivity index is 4.30. The molecule has 26 heavy (non-hydrogen) atoms. The molecule has 0 unspecified atom stereocenters. The third-order valence-corrected chi connectivity index (χ3v) is 137. The molecule has 0 aromatic rings. The standard InChI is InChI=1S/C20H48BrSi5/c1-17(2,3)25(18(4,5)6)22(21)26(19(7,8)9,20(10,11)12)24(15,16)23(25,13)14/h1-16H3. The molecule has 155 valence electrons. The van der Waals surface area contributed by atoms with Gasteiger partial charge < -0.3 is 0 Å². The average Bonchev–Trinajstić information content (AvgIpc) is 2.31. The minimum Gasteiger partial charge on any atom is -0.136 e. The zero-order valence-corrected chi connectivity index (χ0v) is 27.5. The Morgan fingerprint density at radius 1 is 0.462 bits per heavy atom. The van der Waals surface area contributed by atoms with Crippen molar-refractivity contribution in [3.05, 3.63) is 0 Å². The molecule has 0 aromatic carbocycles. The summed E-state index contributed by atoms with van der Waals surface area (Å²) in [5, 5.41) is 1.92. The molecule has 0 saturated carbocycles. The van der Waals surface area contributed by atoms with E-state index in [-0.39, 0.29) is 0 Å². The van der Waals surface area contributed by atoms with Crippen LogP contribution in [0.15, 0.2) is 0 Å². The summed E-state index contributed by atoms with van der Waals surface area (Å²) < 4.78 is 0. The van der Waals surface area contributed by atoms with E-state index in [2.05, 4.69) is 109 Å². The van der Waals surface area contributed by atoms with Crippen molar-refractivity contribution in [2.75, 3.05) is 0 Å². The SMILES string of the molecule is CC(C)(C)[Si]1(C(C)(C)C)[Si](Br)[Si](C(C)(C)C)(C(C)(C)C)[Si](C)(C)[Si]1(C)C. The van der Waals surface area contributed by atoms with E-state index in [1.54, 1.807) is 0 Å². The zero-order valence-electron chi connectivity index (χ0n) is 20.9. The summed E-state index contributed by atoms with van der Waals surface area (Å²) in [7, 11) is -5.95. The first-order valence-corrected chi connectivity index (χ1v) is 29.2. The predicted molar refractivity (Wildman–Crippen MR) is 140 cm³/mol. The molecule has 0 atom stereocenters. The molecule has 0 aromatic heterocycles. The van der Waals surface area contributed by atoms with E-state index in [1.165, 1.54) is 0 Å². The van der Waals surface area contributed by atoms with Gasteiger partial charge in [0.05, 0.1) is 14.2 Å². The lowest BCUT2D eigenvalue weighted by molar-refractivity contribution is 0.642. The predicted octanol–water partition coefficient (Wildman–Crippen LogP) is 8.29. The molecule has 0 N–H and O–H groups in total. The Hall–Kier alpha value is 1.56. The van der Waals surface area contributed by atoms with Gasteiger partial charge in [-0.2, -0.15) is 0 Å². The molecule has 1 radical (unpaired) electrons. The lowest BCUT2D eigenvalue weighted by Crippen LogP contribution is -2.77. The van der Waals surface area contributed by atoms with Crippen molar-refractivity contribution in [3.63, 3.8) is 0 Å². The molecular weight excluding hydrogens is 461 g/mol. The maximum atomic E-state index is 4.77. The molecular formula is C20H48BrSi5. The molecule has 1 heterocycles. The molecule has 1 aliphatic rings. The summed E-state index contributed by atoms with van der Waals surface area (Å²) in [6.45, 7) is 42.7. The Bertz CT molecular complexity index is 475. The highest BCUT2D eigenvalue weighted by atomic mass is 79.9. The van der Waals surface area contributed by atoms with Gasteiger partial charge >= 0.3 is 0 Å². The van der Waals surface area contributed by atoms with Gasteiger partial charge in [0.2, 0.25) is 0 Å². The van der Waals surface area contributed by atoms with Crippen molar-refractivity contribution in [1.29, 1.82) is 0 Å². The molecule has 1 fully saturated rings. The highest BCUT2D eigenvalue weighted by Gasteiger charge is 2.86. The third-order valence-electron chi connectivity index (χ3n) is 8.60. The minimum absolute atomic E-state index is 0.480. The first-order chi connectivity index (χ1) is 10.9. The first kappa shape index (κ1) is 25.6. The van der Waals surface area contributed by atoms with E-state index in [1.807, 2.05) is 0 Å². The van der Waals surface area contributed by atoms with Crippen LogP contribution in [0.5, 0.6) is 0 Å². The smallest absolute Gasteiger partial charge is 0.113 e. The van der Waals surface area contributed by atoms with Crippen molar-refractivity contribution in [2.45, 2.75) is 129 Å². The van der Waals surface area contributed by atoms with Crippen molar-refractivity contribution in [2.24, 2.45) is 0 Å². The zero-order chi connectivity index (χ0) is 21.6. The Morgan fingerprint density at radius 2 is 0.615 bits per heavy atom. The fourth-order valence-electron chi connectivity index (χ4n) is 9.08. The van der Waals surface area contributed by atoms with Gasteiger partial charge in [0.15, 0.2) is 0 Å². The lowest BCUT2D eigenvalue weighted by Gasteiger charge is -2.60. The van der Waals surface area contributed by atoms with Crippen LogP contribution in [0.3, 0.4) is 0 Å². The van der Waals surface area contributed by atoms with E-state index >= 15 is 0 Å². The Kier molecular flexibility index (Phi) is 6.19. The van der Waals surface area contributed by atoms with Crippen molar-refractivity contribution >= 4 is 50.2 Å². The highest BCUT2D eigenvalue weighted by molar-refractivity contribution is 9.28. The van der Waals surface area contributed by atoms with Crippen LogP contribution >= 0.6 is 15.3 Å². The molecule has 0 bridgehead atoms. The molecule has 0 nitrogen and oxygen atoms in total. The summed E-state index contributed by atoms with van der Waals surface area (Å²) >= 11 is 4.77. The summed E-state index contributed by atoms with van der Waals surface area (Å²) in [4.78, 5) is 0. The molecule has 0 aliphatic carbocycles. The second-order valence-corrected chi connectivity index (χ2v) is 71.5. The molecule has 1 aliphatic heterocycles. The summed E-state index contributed by atoms with van der Waals surface area (Å²) in [5.74, 6) is 0. The van der Waals surface area contributed by atoms with Crippen LogP contribution in [0.4, 0.5) is 0 Å². The van der Waals surface area contributed by atoms with Crippen LogP contribution < -0.4 is 0 Å². The van der Waals surface area contributed by atoms with Crippen molar-refractivity contribution < 1.29 is 0 Å². The quantitative estimate of drug-likeness (QED) is 0.228. The average molecular weight is 509 g/mol. The fourth-order valence-corrected chi connectivity index (χ4v) is 263. The van der Waals surface area contributed by atoms with Crippen LogP contribution in [0.1, 0.15) is 83.1 Å². The van der Waals surface area contributed by atoms with Gasteiger partial charge in [0.1, 0.15) is 6.45 Å². The Labute approximate surface area is 178 Å². The van der Waals surface area contributed by atoms with Gasteiger partial charge in [-0.25, -0.2) is 0 Å². The van der Waals surface area contributed by atoms with Gasteiger partial charge in [-0.05, 0) is 20.2 Å². The summed E-state index contributed by atoms with van der Waals surface area (Å²) in [5.41, 5.74) is 0. The van der Waals surface area contributed by atoms with Crippen LogP contribution in [-0.2, 0) is 0 Å². The number of hydrogen-bond donors (Lipinski definition) is 0. The highest BCUT2D eigenvalue weighted by Crippen LogP contribution is 2.72. The normalized spacial score (nSPS) is 26.2. The lowest BCUT2D eigenvalue weighted by atomic mass is 10.2. The molecule has 0 spiro atoms.